The van der Waals surface area contributed by atoms with Gasteiger partial charge in [0.2, 0.25) is 0 Å². The summed E-state index contributed by atoms with van der Waals surface area (Å²) in [5, 5.41) is 12.4. The van der Waals surface area contributed by atoms with E-state index in [0.29, 0.717) is 13.1 Å². The van der Waals surface area contributed by atoms with Crippen LogP contribution in [-0.2, 0) is 32.3 Å². The lowest BCUT2D eigenvalue weighted by atomic mass is 9.85. The fourth-order valence-electron chi connectivity index (χ4n) is 4.66. The number of oxime groups is 1. The van der Waals surface area contributed by atoms with Gasteiger partial charge in [0.15, 0.2) is 0 Å². The molecule has 1 aliphatic carbocycles. The van der Waals surface area contributed by atoms with Gasteiger partial charge in [0, 0.05) is 43.9 Å². The van der Waals surface area contributed by atoms with Crippen LogP contribution in [-0.4, -0.2) is 53.0 Å². The summed E-state index contributed by atoms with van der Waals surface area (Å²) >= 11 is 6.37. The summed E-state index contributed by atoms with van der Waals surface area (Å²) in [5.74, 6) is -2.04. The van der Waals surface area contributed by atoms with E-state index in [1.807, 2.05) is 24.3 Å². The molecule has 2 fully saturated rings. The van der Waals surface area contributed by atoms with Crippen molar-refractivity contribution in [3.05, 3.63) is 69.7 Å². The Hall–Kier alpha value is -3.11. The van der Waals surface area contributed by atoms with E-state index in [1.54, 1.807) is 0 Å². The molecule has 0 radical (unpaired) electrons. The Labute approximate surface area is 223 Å². The molecule has 2 aliphatic heterocycles. The Kier molecular flexibility index (Phi) is 8.62. The van der Waals surface area contributed by atoms with Crippen molar-refractivity contribution in [1.82, 2.24) is 4.90 Å². The van der Waals surface area contributed by atoms with Gasteiger partial charge in [-0.25, -0.2) is 4.79 Å². The maximum atomic E-state index is 10.6. The average molecular weight is 553 g/mol. The minimum Gasteiger partial charge on any atom is -0.475 e. The van der Waals surface area contributed by atoms with Crippen molar-refractivity contribution in [3.63, 3.8) is 0 Å². The molecular formula is C27H28ClF3N2O5. The number of benzene rings is 2. The third-order valence-corrected chi connectivity index (χ3v) is 7.11. The van der Waals surface area contributed by atoms with Crippen LogP contribution in [0.2, 0.25) is 5.02 Å². The molecule has 1 N–H and O–H groups in total. The van der Waals surface area contributed by atoms with E-state index in [1.165, 1.54) is 24.0 Å². The van der Waals surface area contributed by atoms with Crippen molar-refractivity contribution in [2.75, 3.05) is 13.1 Å². The van der Waals surface area contributed by atoms with Crippen molar-refractivity contribution in [2.45, 2.75) is 63.0 Å². The quantitative estimate of drug-likeness (QED) is 0.444. The summed E-state index contributed by atoms with van der Waals surface area (Å²) in [6.45, 7) is 3.69. The summed E-state index contributed by atoms with van der Waals surface area (Å²) in [6.07, 6.45) is 0.290. The van der Waals surface area contributed by atoms with E-state index < -0.39 is 12.1 Å². The smallest absolute Gasteiger partial charge is 0.475 e. The van der Waals surface area contributed by atoms with Crippen LogP contribution in [0.15, 0.2) is 47.6 Å². The lowest BCUT2D eigenvalue weighted by Gasteiger charge is -2.37. The third-order valence-electron chi connectivity index (χ3n) is 6.89. The van der Waals surface area contributed by atoms with Gasteiger partial charge in [-0.3, -0.25) is 9.69 Å². The number of carboxylic acid groups (broad SMARTS) is 1. The normalized spacial score (nSPS) is 18.7. The largest absolute Gasteiger partial charge is 0.490 e. The van der Waals surface area contributed by atoms with Crippen LogP contribution >= 0.6 is 11.6 Å². The fraction of sp³-hybridized carbons (Fsp3) is 0.444. The summed E-state index contributed by atoms with van der Waals surface area (Å²) in [7, 11) is 0. The zero-order valence-electron chi connectivity index (χ0n) is 20.5. The summed E-state index contributed by atoms with van der Waals surface area (Å²) in [6, 6.07) is 14.6. The van der Waals surface area contributed by atoms with Crippen LogP contribution in [0, 0.1) is 0 Å². The van der Waals surface area contributed by atoms with E-state index in [4.69, 9.17) is 31.1 Å². The van der Waals surface area contributed by atoms with Gasteiger partial charge in [0.05, 0.1) is 5.71 Å². The number of nitrogens with zero attached hydrogens (tertiary/aromatic N) is 2. The second-order valence-corrected chi connectivity index (χ2v) is 10.3. The second-order valence-electron chi connectivity index (χ2n) is 9.84. The van der Waals surface area contributed by atoms with Crippen molar-refractivity contribution in [3.8, 4) is 0 Å². The molecule has 11 heteroatoms. The molecule has 0 atom stereocenters. The number of alkyl halides is 3. The number of rotatable bonds is 7. The number of likely N-dealkylation sites (tertiary alicyclic amines) is 1. The van der Waals surface area contributed by atoms with Crippen LogP contribution in [0.25, 0.3) is 0 Å². The molecule has 2 aromatic rings. The molecule has 38 heavy (non-hydrogen) atoms. The topological polar surface area (TPSA) is 88.4 Å². The maximum Gasteiger partial charge on any atom is 0.490 e. The van der Waals surface area contributed by atoms with Crippen molar-refractivity contribution in [2.24, 2.45) is 5.16 Å². The standard InChI is InChI=1S/C25H27ClN2O3.C2HF3O2/c26-23-12-19(11-22(13-23)20-5-6-20)15-28-9-7-25(8-10-28)14-24(27-31-25)21-3-1-18(2-4-21)16-30-17-29;3-2(4,5)1(6)7/h1-4,11-13,17,20H,5-10,14-16H2;(H,6,7). The van der Waals surface area contributed by atoms with E-state index in [2.05, 4.69) is 28.3 Å². The third kappa shape index (κ3) is 7.48. The first-order valence-corrected chi connectivity index (χ1v) is 12.7. The molecular weight excluding hydrogens is 525 g/mol. The Morgan fingerprint density at radius 1 is 1.16 bits per heavy atom. The van der Waals surface area contributed by atoms with Gasteiger partial charge in [-0.2, -0.15) is 13.2 Å². The fourth-order valence-corrected chi connectivity index (χ4v) is 4.93. The van der Waals surface area contributed by atoms with Crippen molar-refractivity contribution < 1.29 is 37.4 Å². The summed E-state index contributed by atoms with van der Waals surface area (Å²) in [4.78, 5) is 27.7. The van der Waals surface area contributed by atoms with Gasteiger partial charge < -0.3 is 14.7 Å². The molecule has 0 unspecified atom stereocenters. The van der Waals surface area contributed by atoms with Gasteiger partial charge in [0.25, 0.3) is 6.47 Å². The molecule has 1 saturated heterocycles. The average Bonchev–Trinajstić information content (AvgIpc) is 3.65. The molecule has 1 spiro atoms. The van der Waals surface area contributed by atoms with E-state index in [9.17, 15) is 18.0 Å². The Morgan fingerprint density at radius 2 is 1.82 bits per heavy atom. The highest BCUT2D eigenvalue weighted by atomic mass is 35.5. The number of piperidine rings is 1. The number of hydrogen-bond acceptors (Lipinski definition) is 6. The van der Waals surface area contributed by atoms with Gasteiger partial charge in [0.1, 0.15) is 12.2 Å². The number of hydrogen-bond donors (Lipinski definition) is 1. The van der Waals surface area contributed by atoms with Crippen LogP contribution in [0.5, 0.6) is 0 Å². The van der Waals surface area contributed by atoms with Gasteiger partial charge in [-0.05, 0) is 53.1 Å². The molecule has 3 aliphatic rings. The highest BCUT2D eigenvalue weighted by Crippen LogP contribution is 2.41. The lowest BCUT2D eigenvalue weighted by molar-refractivity contribution is -0.192. The zero-order valence-corrected chi connectivity index (χ0v) is 21.3. The van der Waals surface area contributed by atoms with Crippen LogP contribution in [0.4, 0.5) is 13.2 Å². The van der Waals surface area contributed by atoms with E-state index in [-0.39, 0.29) is 5.60 Å². The molecule has 204 valence electrons. The minimum atomic E-state index is -5.08. The van der Waals surface area contributed by atoms with Gasteiger partial charge in [-0.1, -0.05) is 47.1 Å². The highest BCUT2D eigenvalue weighted by Gasteiger charge is 2.42. The predicted molar refractivity (Wildman–Crippen MR) is 134 cm³/mol. The molecule has 2 heterocycles. The lowest BCUT2D eigenvalue weighted by Crippen LogP contribution is -2.44. The van der Waals surface area contributed by atoms with Crippen molar-refractivity contribution >= 4 is 29.8 Å². The summed E-state index contributed by atoms with van der Waals surface area (Å²) in [5.41, 5.74) is 5.56. The molecule has 2 aromatic carbocycles. The number of aliphatic carboxylic acids is 1. The van der Waals surface area contributed by atoms with E-state index in [0.717, 1.165) is 66.7 Å². The number of halogens is 4. The predicted octanol–water partition coefficient (Wildman–Crippen LogP) is 5.68. The molecule has 0 aromatic heterocycles. The maximum absolute atomic E-state index is 10.6. The molecule has 0 bridgehead atoms. The number of carbonyl (C=O) groups is 2. The molecule has 1 saturated carbocycles. The monoisotopic (exact) mass is 552 g/mol. The first kappa shape index (κ1) is 27.9. The minimum absolute atomic E-state index is 0.182. The first-order chi connectivity index (χ1) is 18.1. The number of carbonyl (C=O) groups excluding carboxylic acids is 1. The number of carboxylic acids is 1. The van der Waals surface area contributed by atoms with Crippen LogP contribution < -0.4 is 0 Å². The SMILES string of the molecule is O=C(O)C(F)(F)F.O=COCc1ccc(C2=NOC3(CCN(Cc4cc(Cl)cc(C5CC5)c4)CC3)C2)cc1. The van der Waals surface area contributed by atoms with Crippen LogP contribution in [0.1, 0.15) is 60.3 Å². The highest BCUT2D eigenvalue weighted by molar-refractivity contribution is 6.30. The number of ether oxygens (including phenoxy) is 1. The Balaban J connectivity index is 0.000000426. The molecule has 7 nitrogen and oxygen atoms in total. The first-order valence-electron chi connectivity index (χ1n) is 12.3. The van der Waals surface area contributed by atoms with Crippen LogP contribution in [0.3, 0.4) is 0 Å². The zero-order chi connectivity index (χ0) is 27.3. The Morgan fingerprint density at radius 3 is 2.39 bits per heavy atom. The van der Waals surface area contributed by atoms with Gasteiger partial charge in [-0.15, -0.1) is 0 Å². The van der Waals surface area contributed by atoms with Crippen molar-refractivity contribution in [1.29, 1.82) is 0 Å². The van der Waals surface area contributed by atoms with E-state index >= 15 is 0 Å². The molecule has 5 rings (SSSR count). The molecule has 0 amide bonds. The second kappa shape index (κ2) is 11.7. The summed E-state index contributed by atoms with van der Waals surface area (Å²) < 4.78 is 36.5. The Bertz CT molecular complexity index is 1170. The van der Waals surface area contributed by atoms with Gasteiger partial charge >= 0.3 is 12.1 Å².